The number of ether oxygens (including phenoxy) is 1. The molecule has 21 heavy (non-hydrogen) atoms. The highest BCUT2D eigenvalue weighted by atomic mass is 16.5. The average Bonchev–Trinajstić information content (AvgIpc) is 2.71. The summed E-state index contributed by atoms with van der Waals surface area (Å²) in [6.45, 7) is 9.74. The second-order valence-electron chi connectivity index (χ2n) is 5.09. The van der Waals surface area contributed by atoms with Crippen LogP contribution in [0.4, 0.5) is 0 Å². The van der Waals surface area contributed by atoms with Crippen molar-refractivity contribution in [2.45, 2.75) is 33.7 Å². The molecule has 1 unspecified atom stereocenters. The van der Waals surface area contributed by atoms with E-state index in [9.17, 15) is 0 Å². The minimum atomic E-state index is 0.0802. The Balaban J connectivity index is 2.45. The molecular formula is C16H24N4O. The highest BCUT2D eigenvalue weighted by molar-refractivity contribution is 5.38. The Bertz CT molecular complexity index is 606. The minimum Gasteiger partial charge on any atom is -0.492 e. The predicted molar refractivity (Wildman–Crippen MR) is 83.6 cm³/mol. The van der Waals surface area contributed by atoms with Gasteiger partial charge in [0.15, 0.2) is 0 Å². The van der Waals surface area contributed by atoms with Crippen LogP contribution in [-0.2, 0) is 7.05 Å². The Kier molecular flexibility index (Phi) is 4.96. The van der Waals surface area contributed by atoms with Gasteiger partial charge >= 0.3 is 0 Å². The van der Waals surface area contributed by atoms with Crippen LogP contribution in [0.2, 0.25) is 0 Å². The third-order valence-electron chi connectivity index (χ3n) is 3.64. The maximum Gasteiger partial charge on any atom is 0.137 e. The summed E-state index contributed by atoms with van der Waals surface area (Å²) in [7, 11) is 1.98. The van der Waals surface area contributed by atoms with Crippen LogP contribution in [0.3, 0.4) is 0 Å². The first-order valence-electron chi connectivity index (χ1n) is 7.39. The third kappa shape index (κ3) is 3.24. The lowest BCUT2D eigenvalue weighted by Crippen LogP contribution is -2.23. The largest absolute Gasteiger partial charge is 0.492 e. The Labute approximate surface area is 126 Å². The Morgan fingerprint density at radius 2 is 2.05 bits per heavy atom. The molecule has 0 aliphatic rings. The zero-order valence-corrected chi connectivity index (χ0v) is 13.5. The van der Waals surface area contributed by atoms with Gasteiger partial charge in [-0.05, 0) is 38.9 Å². The molecule has 0 radical (unpaired) electrons. The number of hydrogen-bond acceptors (Lipinski definition) is 4. The van der Waals surface area contributed by atoms with E-state index in [0.717, 1.165) is 23.6 Å². The number of hydrogen-bond donors (Lipinski definition) is 1. The number of rotatable bonds is 6. The van der Waals surface area contributed by atoms with E-state index in [1.807, 2.05) is 31.8 Å². The molecule has 5 heteroatoms. The fourth-order valence-corrected chi connectivity index (χ4v) is 2.64. The van der Waals surface area contributed by atoms with Gasteiger partial charge in [0.25, 0.3) is 0 Å². The molecule has 2 aromatic heterocycles. The number of nitrogens with one attached hydrogen (secondary N) is 1. The number of aryl methyl sites for hydroxylation is 2. The maximum absolute atomic E-state index is 5.57. The van der Waals surface area contributed by atoms with Crippen molar-refractivity contribution >= 4 is 0 Å². The van der Waals surface area contributed by atoms with Gasteiger partial charge in [0, 0.05) is 24.5 Å². The summed E-state index contributed by atoms with van der Waals surface area (Å²) in [4.78, 5) is 4.31. The predicted octanol–water partition coefficient (Wildman–Crippen LogP) is 2.53. The number of pyridine rings is 1. The van der Waals surface area contributed by atoms with Crippen molar-refractivity contribution in [3.05, 3.63) is 41.0 Å². The van der Waals surface area contributed by atoms with Crippen LogP contribution in [0, 0.1) is 13.8 Å². The summed E-state index contributed by atoms with van der Waals surface area (Å²) >= 11 is 0. The van der Waals surface area contributed by atoms with Gasteiger partial charge in [-0.3, -0.25) is 9.67 Å². The van der Waals surface area contributed by atoms with Crippen LogP contribution in [0.25, 0.3) is 0 Å². The Morgan fingerprint density at radius 3 is 2.62 bits per heavy atom. The molecule has 0 fully saturated rings. The van der Waals surface area contributed by atoms with E-state index in [1.54, 1.807) is 6.20 Å². The van der Waals surface area contributed by atoms with Crippen LogP contribution in [0.5, 0.6) is 5.75 Å². The van der Waals surface area contributed by atoms with Gasteiger partial charge in [-0.15, -0.1) is 0 Å². The monoisotopic (exact) mass is 288 g/mol. The van der Waals surface area contributed by atoms with Gasteiger partial charge in [-0.2, -0.15) is 5.10 Å². The molecule has 0 aromatic carbocycles. The topological polar surface area (TPSA) is 52.0 Å². The van der Waals surface area contributed by atoms with Crippen molar-refractivity contribution in [1.29, 1.82) is 0 Å². The summed E-state index contributed by atoms with van der Waals surface area (Å²) in [6.07, 6.45) is 3.64. The second-order valence-corrected chi connectivity index (χ2v) is 5.09. The summed E-state index contributed by atoms with van der Waals surface area (Å²) < 4.78 is 7.49. The molecular weight excluding hydrogens is 264 g/mol. The average molecular weight is 288 g/mol. The minimum absolute atomic E-state index is 0.0802. The smallest absolute Gasteiger partial charge is 0.137 e. The van der Waals surface area contributed by atoms with E-state index >= 15 is 0 Å². The van der Waals surface area contributed by atoms with Crippen molar-refractivity contribution in [3.63, 3.8) is 0 Å². The van der Waals surface area contributed by atoms with Gasteiger partial charge in [0.2, 0.25) is 0 Å². The van der Waals surface area contributed by atoms with Gasteiger partial charge < -0.3 is 10.1 Å². The van der Waals surface area contributed by atoms with E-state index < -0.39 is 0 Å². The van der Waals surface area contributed by atoms with Crippen molar-refractivity contribution in [3.8, 4) is 5.75 Å². The van der Waals surface area contributed by atoms with Crippen LogP contribution < -0.4 is 10.1 Å². The van der Waals surface area contributed by atoms with E-state index in [-0.39, 0.29) is 6.04 Å². The zero-order chi connectivity index (χ0) is 15.4. The van der Waals surface area contributed by atoms with Crippen molar-refractivity contribution in [2.75, 3.05) is 13.2 Å². The molecule has 0 bridgehead atoms. The van der Waals surface area contributed by atoms with Gasteiger partial charge in [-0.25, -0.2) is 0 Å². The molecule has 0 saturated carbocycles. The normalized spacial score (nSPS) is 12.4. The molecule has 1 N–H and O–H groups in total. The molecule has 114 valence electrons. The fourth-order valence-electron chi connectivity index (χ4n) is 2.64. The van der Waals surface area contributed by atoms with Crippen molar-refractivity contribution < 1.29 is 4.74 Å². The molecule has 2 rings (SSSR count). The first-order valence-corrected chi connectivity index (χ1v) is 7.39. The number of nitrogens with zero attached hydrogens (tertiary/aromatic N) is 3. The summed E-state index contributed by atoms with van der Waals surface area (Å²) in [5.74, 6) is 0.803. The van der Waals surface area contributed by atoms with E-state index in [1.165, 1.54) is 11.3 Å². The van der Waals surface area contributed by atoms with Crippen molar-refractivity contribution in [1.82, 2.24) is 20.1 Å². The SMILES string of the molecule is CCNC(c1cncc(OCC)c1)c1c(C)nn(C)c1C. The maximum atomic E-state index is 5.57. The Morgan fingerprint density at radius 1 is 1.29 bits per heavy atom. The second kappa shape index (κ2) is 6.72. The number of aromatic nitrogens is 3. The third-order valence-corrected chi connectivity index (χ3v) is 3.64. The molecule has 0 amide bonds. The summed E-state index contributed by atoms with van der Waals surface area (Å²) in [6, 6.07) is 2.13. The first kappa shape index (κ1) is 15.5. The van der Waals surface area contributed by atoms with Crippen molar-refractivity contribution in [2.24, 2.45) is 7.05 Å². The van der Waals surface area contributed by atoms with Gasteiger partial charge in [-0.1, -0.05) is 6.92 Å². The Hall–Kier alpha value is -1.88. The molecule has 1 atom stereocenters. The van der Waals surface area contributed by atoms with Crippen LogP contribution in [0.15, 0.2) is 18.5 Å². The van der Waals surface area contributed by atoms with E-state index in [4.69, 9.17) is 4.74 Å². The molecule has 5 nitrogen and oxygen atoms in total. The standard InChI is InChI=1S/C16H24N4O/c1-6-18-16(15-11(3)19-20(5)12(15)4)13-8-14(21-7-2)10-17-9-13/h8-10,16,18H,6-7H2,1-5H3. The quantitative estimate of drug-likeness (QED) is 0.887. The highest BCUT2D eigenvalue weighted by Gasteiger charge is 2.21. The lowest BCUT2D eigenvalue weighted by molar-refractivity contribution is 0.338. The molecule has 0 aliphatic heterocycles. The lowest BCUT2D eigenvalue weighted by atomic mass is 9.98. The first-order chi connectivity index (χ1) is 10.1. The van der Waals surface area contributed by atoms with E-state index in [2.05, 4.69) is 35.3 Å². The summed E-state index contributed by atoms with van der Waals surface area (Å²) in [5, 5.41) is 8.05. The molecule has 0 aliphatic carbocycles. The van der Waals surface area contributed by atoms with Gasteiger partial charge in [0.1, 0.15) is 5.75 Å². The lowest BCUT2D eigenvalue weighted by Gasteiger charge is -2.19. The van der Waals surface area contributed by atoms with Crippen LogP contribution >= 0.6 is 0 Å². The summed E-state index contributed by atoms with van der Waals surface area (Å²) in [5.41, 5.74) is 4.53. The zero-order valence-electron chi connectivity index (χ0n) is 13.5. The highest BCUT2D eigenvalue weighted by Crippen LogP contribution is 2.28. The van der Waals surface area contributed by atoms with Gasteiger partial charge in [0.05, 0.1) is 24.5 Å². The van der Waals surface area contributed by atoms with E-state index in [0.29, 0.717) is 6.61 Å². The molecule has 0 spiro atoms. The fraction of sp³-hybridized carbons (Fsp3) is 0.500. The molecule has 0 saturated heterocycles. The molecule has 2 aromatic rings. The van der Waals surface area contributed by atoms with Crippen LogP contribution in [-0.4, -0.2) is 27.9 Å². The molecule has 2 heterocycles. The van der Waals surface area contributed by atoms with Crippen LogP contribution in [0.1, 0.15) is 42.4 Å².